The molecule has 2 rings (SSSR count). The van der Waals surface area contributed by atoms with Crippen LogP contribution in [-0.2, 0) is 0 Å². The van der Waals surface area contributed by atoms with Crippen molar-refractivity contribution in [3.63, 3.8) is 0 Å². The molecule has 0 amide bonds. The molecule has 2 aliphatic carbocycles. The number of rotatable bonds is 0. The number of hydrogen-bond acceptors (Lipinski definition) is 0. The molecule has 2 aliphatic rings. The fourth-order valence-electron chi connectivity index (χ4n) is 2.96. The highest BCUT2D eigenvalue weighted by Crippen LogP contribution is 2.54. The van der Waals surface area contributed by atoms with Crippen LogP contribution in [0.1, 0.15) is 54.4 Å². The van der Waals surface area contributed by atoms with Crippen LogP contribution in [0, 0.1) is 23.7 Å². The molecule has 0 aromatic heterocycles. The molecule has 0 N–H and O–H groups in total. The lowest BCUT2D eigenvalue weighted by atomic mass is 9.60. The average Bonchev–Trinajstić information content (AvgIpc) is 2.51. The molecule has 0 nitrogen and oxygen atoms in total. The molecule has 0 spiro atoms. The van der Waals surface area contributed by atoms with Gasteiger partial charge >= 0.3 is 0 Å². The van der Waals surface area contributed by atoms with E-state index in [0.29, 0.717) is 0 Å². The molecule has 4 unspecified atom stereocenters. The van der Waals surface area contributed by atoms with Gasteiger partial charge in [0.2, 0.25) is 0 Å². The van der Waals surface area contributed by atoms with Crippen LogP contribution in [0.5, 0.6) is 0 Å². The van der Waals surface area contributed by atoms with E-state index in [2.05, 4.69) is 13.8 Å². The Morgan fingerprint density at radius 1 is 0.833 bits per heavy atom. The zero-order valence-corrected chi connectivity index (χ0v) is 8.43. The van der Waals surface area contributed by atoms with Crippen LogP contribution >= 0.6 is 0 Å². The van der Waals surface area contributed by atoms with Gasteiger partial charge in [-0.25, -0.2) is 0 Å². The quantitative estimate of drug-likeness (QED) is 0.507. The van der Waals surface area contributed by atoms with Gasteiger partial charge in [-0.1, -0.05) is 41.5 Å². The van der Waals surface area contributed by atoms with Crippen molar-refractivity contribution >= 4 is 0 Å². The van der Waals surface area contributed by atoms with Crippen molar-refractivity contribution in [3.05, 3.63) is 0 Å². The van der Waals surface area contributed by atoms with E-state index in [4.69, 9.17) is 0 Å². The average molecular weight is 170 g/mol. The first-order valence-electron chi connectivity index (χ1n) is 5.30. The van der Waals surface area contributed by atoms with Gasteiger partial charge in [0.15, 0.2) is 0 Å². The molecule has 0 aromatic carbocycles. The normalized spacial score (nSPS) is 43.0. The summed E-state index contributed by atoms with van der Waals surface area (Å²) in [5.41, 5.74) is 0. The standard InChI is InChI=1S/C9H16.C2H6.CH4/c1-6-7(2)9-5-3-4-8(6)9;1-2;/h6-9H,3-5H2,1-2H3;1-2H3;1H4. The van der Waals surface area contributed by atoms with Crippen molar-refractivity contribution in [1.29, 1.82) is 0 Å². The molecule has 0 bridgehead atoms. The Kier molecular flexibility index (Phi) is 4.89. The highest BCUT2D eigenvalue weighted by molar-refractivity contribution is 4.95. The summed E-state index contributed by atoms with van der Waals surface area (Å²) >= 11 is 0. The lowest BCUT2D eigenvalue weighted by molar-refractivity contribution is 0.0302. The van der Waals surface area contributed by atoms with Crippen LogP contribution in [0.4, 0.5) is 0 Å². The SMILES string of the molecule is C.CC.CC1C(C)C2CCCC12. The van der Waals surface area contributed by atoms with Gasteiger partial charge in [-0.3, -0.25) is 0 Å². The molecule has 4 atom stereocenters. The van der Waals surface area contributed by atoms with E-state index >= 15 is 0 Å². The molecule has 0 heterocycles. The Hall–Kier alpha value is 0. The van der Waals surface area contributed by atoms with Crippen LogP contribution in [0.25, 0.3) is 0 Å². The van der Waals surface area contributed by atoms with E-state index in [-0.39, 0.29) is 7.43 Å². The maximum Gasteiger partial charge on any atom is -0.0355 e. The Morgan fingerprint density at radius 2 is 1.17 bits per heavy atom. The van der Waals surface area contributed by atoms with Gasteiger partial charge in [0.1, 0.15) is 0 Å². The van der Waals surface area contributed by atoms with Gasteiger partial charge in [0.05, 0.1) is 0 Å². The van der Waals surface area contributed by atoms with E-state index in [1.165, 1.54) is 19.3 Å². The minimum Gasteiger partial charge on any atom is -0.0776 e. The molecular formula is C12H26. The van der Waals surface area contributed by atoms with Crippen LogP contribution in [0.2, 0.25) is 0 Å². The molecule has 0 heteroatoms. The molecule has 2 fully saturated rings. The molecule has 0 saturated heterocycles. The topological polar surface area (TPSA) is 0 Å². The van der Waals surface area contributed by atoms with Crippen LogP contribution in [-0.4, -0.2) is 0 Å². The zero-order chi connectivity index (χ0) is 8.43. The fraction of sp³-hybridized carbons (Fsp3) is 1.00. The van der Waals surface area contributed by atoms with E-state index < -0.39 is 0 Å². The van der Waals surface area contributed by atoms with Crippen molar-refractivity contribution in [2.75, 3.05) is 0 Å². The number of hydrogen-bond donors (Lipinski definition) is 0. The Bertz CT molecular complexity index is 103. The van der Waals surface area contributed by atoms with E-state index in [1.54, 1.807) is 0 Å². The highest BCUT2D eigenvalue weighted by Gasteiger charge is 2.46. The third kappa shape index (κ3) is 1.67. The second-order valence-electron chi connectivity index (χ2n) is 3.98. The van der Waals surface area contributed by atoms with Gasteiger partial charge in [0, 0.05) is 0 Å². The predicted molar refractivity (Wildman–Crippen MR) is 57.2 cm³/mol. The summed E-state index contributed by atoms with van der Waals surface area (Å²) in [7, 11) is 0. The monoisotopic (exact) mass is 170 g/mol. The van der Waals surface area contributed by atoms with Gasteiger partial charge in [0.25, 0.3) is 0 Å². The molecule has 12 heavy (non-hydrogen) atoms. The largest absolute Gasteiger partial charge is 0.0776 e. The fourth-order valence-corrected chi connectivity index (χ4v) is 2.96. The zero-order valence-electron chi connectivity index (χ0n) is 8.43. The summed E-state index contributed by atoms with van der Waals surface area (Å²) in [6, 6.07) is 0. The van der Waals surface area contributed by atoms with E-state index in [0.717, 1.165) is 23.7 Å². The molecule has 0 aliphatic heterocycles. The second-order valence-corrected chi connectivity index (χ2v) is 3.98. The summed E-state index contributed by atoms with van der Waals surface area (Å²) < 4.78 is 0. The van der Waals surface area contributed by atoms with Crippen LogP contribution < -0.4 is 0 Å². The highest BCUT2D eigenvalue weighted by atomic mass is 14.5. The van der Waals surface area contributed by atoms with Crippen molar-refractivity contribution in [1.82, 2.24) is 0 Å². The lowest BCUT2D eigenvalue weighted by Crippen LogP contribution is -2.39. The summed E-state index contributed by atoms with van der Waals surface area (Å²) in [6.45, 7) is 8.86. The lowest BCUT2D eigenvalue weighted by Gasteiger charge is -2.45. The second kappa shape index (κ2) is 4.89. The number of fused-ring (bicyclic) bond motifs is 1. The van der Waals surface area contributed by atoms with Crippen molar-refractivity contribution in [2.45, 2.75) is 54.4 Å². The predicted octanol–water partition coefficient (Wildman–Crippen LogP) is 4.35. The smallest absolute Gasteiger partial charge is 0.0355 e. The van der Waals surface area contributed by atoms with Crippen molar-refractivity contribution in [2.24, 2.45) is 23.7 Å². The Labute approximate surface area is 78.8 Å². The van der Waals surface area contributed by atoms with Gasteiger partial charge in [-0.15, -0.1) is 0 Å². The third-order valence-electron chi connectivity index (χ3n) is 3.80. The Balaban J connectivity index is 0.000000378. The van der Waals surface area contributed by atoms with Crippen LogP contribution in [0.15, 0.2) is 0 Å². The first kappa shape index (κ1) is 12.0. The van der Waals surface area contributed by atoms with Crippen LogP contribution in [0.3, 0.4) is 0 Å². The minimum atomic E-state index is 0. The van der Waals surface area contributed by atoms with Crippen molar-refractivity contribution < 1.29 is 0 Å². The maximum atomic E-state index is 2.43. The summed E-state index contributed by atoms with van der Waals surface area (Å²) in [4.78, 5) is 0. The van der Waals surface area contributed by atoms with E-state index in [1.807, 2.05) is 13.8 Å². The molecular weight excluding hydrogens is 144 g/mol. The summed E-state index contributed by atoms with van der Waals surface area (Å²) in [5.74, 6) is 4.38. The molecule has 0 aromatic rings. The molecule has 2 saturated carbocycles. The first-order chi connectivity index (χ1) is 5.30. The van der Waals surface area contributed by atoms with Gasteiger partial charge < -0.3 is 0 Å². The van der Waals surface area contributed by atoms with Gasteiger partial charge in [-0.05, 0) is 36.5 Å². The Morgan fingerprint density at radius 3 is 1.50 bits per heavy atom. The van der Waals surface area contributed by atoms with Crippen molar-refractivity contribution in [3.8, 4) is 0 Å². The van der Waals surface area contributed by atoms with E-state index in [9.17, 15) is 0 Å². The molecule has 0 radical (unpaired) electrons. The minimum absolute atomic E-state index is 0. The maximum absolute atomic E-state index is 2.43. The van der Waals surface area contributed by atoms with Gasteiger partial charge in [-0.2, -0.15) is 0 Å². The third-order valence-corrected chi connectivity index (χ3v) is 3.80. The first-order valence-corrected chi connectivity index (χ1v) is 5.30. The molecule has 74 valence electrons. The summed E-state index contributed by atoms with van der Waals surface area (Å²) in [5, 5.41) is 0. The summed E-state index contributed by atoms with van der Waals surface area (Å²) in [6.07, 6.45) is 4.59.